The third kappa shape index (κ3) is 4.00. The molecule has 9 heteroatoms. The lowest BCUT2D eigenvalue weighted by Crippen LogP contribution is -2.33. The maximum Gasteiger partial charge on any atom is 0.278 e. The Hall–Kier alpha value is -3.30. The number of fused-ring (bicyclic) bond motifs is 1. The largest absolute Gasteiger partial charge is 0.474 e. The average Bonchev–Trinajstić information content (AvgIpc) is 2.73. The third-order valence-electron chi connectivity index (χ3n) is 4.22. The molecule has 3 aromatic rings. The molecule has 4 rings (SSSR count). The molecule has 3 N–H and O–H groups in total. The maximum absolute atomic E-state index is 12.4. The summed E-state index contributed by atoms with van der Waals surface area (Å²) in [5, 5.41) is 4.48. The van der Waals surface area contributed by atoms with E-state index in [1.165, 1.54) is 12.4 Å². The first-order valence-corrected chi connectivity index (χ1v) is 8.79. The van der Waals surface area contributed by atoms with Gasteiger partial charge < -0.3 is 25.3 Å². The van der Waals surface area contributed by atoms with Crippen LogP contribution in [0.5, 0.6) is 5.88 Å². The first kappa shape index (κ1) is 18.1. The highest BCUT2D eigenvalue weighted by molar-refractivity contribution is 6.06. The van der Waals surface area contributed by atoms with Crippen molar-refractivity contribution >= 4 is 28.2 Å². The molecule has 28 heavy (non-hydrogen) atoms. The standard InChI is InChI=1S/C19H19N5O4/c20-17-16(21-5-6-22-17)18(25)24-13-1-2-15-12(9-13)3-4-23-19(15)28-11-14-10-26-7-8-27-14/h1-6,9,14H,7-8,10-11H2,(H2,20,22)(H,24,25). The third-order valence-corrected chi connectivity index (χ3v) is 4.22. The van der Waals surface area contributed by atoms with Gasteiger partial charge in [-0.1, -0.05) is 0 Å². The van der Waals surface area contributed by atoms with Crippen molar-refractivity contribution in [2.45, 2.75) is 6.10 Å². The van der Waals surface area contributed by atoms with E-state index in [1.54, 1.807) is 12.3 Å². The number of nitrogens with two attached hydrogens (primary N) is 1. The molecule has 1 aliphatic heterocycles. The number of aromatic nitrogens is 3. The highest BCUT2D eigenvalue weighted by Gasteiger charge is 2.16. The Morgan fingerprint density at radius 1 is 1.18 bits per heavy atom. The highest BCUT2D eigenvalue weighted by Crippen LogP contribution is 2.26. The summed E-state index contributed by atoms with van der Waals surface area (Å²) in [6.07, 6.45) is 4.40. The normalized spacial score (nSPS) is 16.6. The zero-order valence-electron chi connectivity index (χ0n) is 15.0. The number of nitrogens with one attached hydrogen (secondary N) is 1. The molecule has 144 valence electrons. The summed E-state index contributed by atoms with van der Waals surface area (Å²) in [7, 11) is 0. The summed E-state index contributed by atoms with van der Waals surface area (Å²) in [4.78, 5) is 24.5. The first-order chi connectivity index (χ1) is 13.7. The zero-order valence-corrected chi connectivity index (χ0v) is 15.0. The molecule has 1 atom stereocenters. The number of amides is 1. The fourth-order valence-corrected chi connectivity index (χ4v) is 2.86. The van der Waals surface area contributed by atoms with E-state index < -0.39 is 5.91 Å². The highest BCUT2D eigenvalue weighted by atomic mass is 16.6. The lowest BCUT2D eigenvalue weighted by atomic mass is 10.1. The number of nitrogen functional groups attached to an aromatic ring is 1. The van der Waals surface area contributed by atoms with Gasteiger partial charge in [-0.2, -0.15) is 0 Å². The van der Waals surface area contributed by atoms with Crippen LogP contribution in [0.1, 0.15) is 10.5 Å². The number of hydrogen-bond acceptors (Lipinski definition) is 8. The summed E-state index contributed by atoms with van der Waals surface area (Å²) in [5.41, 5.74) is 6.38. The van der Waals surface area contributed by atoms with Crippen LogP contribution in [0.25, 0.3) is 10.8 Å². The van der Waals surface area contributed by atoms with Crippen LogP contribution in [0.15, 0.2) is 42.9 Å². The van der Waals surface area contributed by atoms with Gasteiger partial charge in [0.05, 0.1) is 19.8 Å². The van der Waals surface area contributed by atoms with E-state index in [2.05, 4.69) is 20.3 Å². The molecule has 0 saturated carbocycles. The van der Waals surface area contributed by atoms with Gasteiger partial charge in [0.15, 0.2) is 11.5 Å². The van der Waals surface area contributed by atoms with Crippen molar-refractivity contribution in [3.05, 3.63) is 48.5 Å². The van der Waals surface area contributed by atoms with Crippen molar-refractivity contribution in [3.8, 4) is 5.88 Å². The van der Waals surface area contributed by atoms with Crippen molar-refractivity contribution in [2.75, 3.05) is 37.5 Å². The Morgan fingerprint density at radius 3 is 2.89 bits per heavy atom. The molecule has 2 aromatic heterocycles. The van der Waals surface area contributed by atoms with E-state index in [0.717, 1.165) is 10.8 Å². The Bertz CT molecular complexity index is 991. The summed E-state index contributed by atoms with van der Waals surface area (Å²) in [6.45, 7) is 2.04. The van der Waals surface area contributed by atoms with Crippen LogP contribution in [0.2, 0.25) is 0 Å². The Kier molecular flexibility index (Phi) is 5.27. The number of ether oxygens (including phenoxy) is 3. The lowest BCUT2D eigenvalue weighted by molar-refractivity contribution is -0.101. The molecule has 0 bridgehead atoms. The van der Waals surface area contributed by atoms with Crippen molar-refractivity contribution in [1.82, 2.24) is 15.0 Å². The Morgan fingerprint density at radius 2 is 2.07 bits per heavy atom. The second-order valence-corrected chi connectivity index (χ2v) is 6.18. The van der Waals surface area contributed by atoms with E-state index in [4.69, 9.17) is 19.9 Å². The predicted molar refractivity (Wildman–Crippen MR) is 102 cm³/mol. The van der Waals surface area contributed by atoms with Crippen molar-refractivity contribution in [1.29, 1.82) is 0 Å². The summed E-state index contributed by atoms with van der Waals surface area (Å²) in [6, 6.07) is 7.27. The minimum Gasteiger partial charge on any atom is -0.474 e. The van der Waals surface area contributed by atoms with E-state index in [1.807, 2.05) is 18.2 Å². The number of hydrogen-bond donors (Lipinski definition) is 2. The number of carbonyl (C=O) groups excluding carboxylic acids is 1. The topological polar surface area (TPSA) is 121 Å². The van der Waals surface area contributed by atoms with Gasteiger partial charge in [-0.05, 0) is 29.7 Å². The second kappa shape index (κ2) is 8.15. The number of benzene rings is 1. The monoisotopic (exact) mass is 381 g/mol. The fraction of sp³-hybridized carbons (Fsp3) is 0.263. The molecule has 0 spiro atoms. The first-order valence-electron chi connectivity index (χ1n) is 8.79. The molecule has 1 amide bonds. The van der Waals surface area contributed by atoms with Gasteiger partial charge in [0, 0.05) is 29.7 Å². The lowest BCUT2D eigenvalue weighted by Gasteiger charge is -2.22. The van der Waals surface area contributed by atoms with Crippen molar-refractivity contribution < 1.29 is 19.0 Å². The minimum atomic E-state index is -0.426. The second-order valence-electron chi connectivity index (χ2n) is 6.18. The van der Waals surface area contributed by atoms with Gasteiger partial charge >= 0.3 is 0 Å². The molecule has 9 nitrogen and oxygen atoms in total. The number of rotatable bonds is 5. The van der Waals surface area contributed by atoms with E-state index in [0.29, 0.717) is 38.0 Å². The maximum atomic E-state index is 12.4. The van der Waals surface area contributed by atoms with E-state index in [-0.39, 0.29) is 17.6 Å². The van der Waals surface area contributed by atoms with Gasteiger partial charge in [-0.15, -0.1) is 0 Å². The van der Waals surface area contributed by atoms with Gasteiger partial charge in [-0.3, -0.25) is 4.79 Å². The van der Waals surface area contributed by atoms with Crippen molar-refractivity contribution in [3.63, 3.8) is 0 Å². The molecular weight excluding hydrogens is 362 g/mol. The minimum absolute atomic E-state index is 0.0783. The van der Waals surface area contributed by atoms with Crippen LogP contribution in [0, 0.1) is 0 Å². The smallest absolute Gasteiger partial charge is 0.278 e. The molecule has 1 fully saturated rings. The SMILES string of the molecule is Nc1nccnc1C(=O)Nc1ccc2c(OCC3COCCO3)nccc2c1. The molecule has 1 aromatic carbocycles. The van der Waals surface area contributed by atoms with Gasteiger partial charge in [0.1, 0.15) is 12.7 Å². The van der Waals surface area contributed by atoms with Crippen LogP contribution in [-0.4, -0.2) is 53.4 Å². The summed E-state index contributed by atoms with van der Waals surface area (Å²) < 4.78 is 16.8. The molecule has 0 radical (unpaired) electrons. The van der Waals surface area contributed by atoms with Crippen LogP contribution in [-0.2, 0) is 9.47 Å². The molecule has 3 heterocycles. The molecule has 0 aliphatic carbocycles. The van der Waals surface area contributed by atoms with Crippen LogP contribution < -0.4 is 15.8 Å². The van der Waals surface area contributed by atoms with E-state index in [9.17, 15) is 4.79 Å². The zero-order chi connectivity index (χ0) is 19.3. The van der Waals surface area contributed by atoms with Crippen LogP contribution in [0.3, 0.4) is 0 Å². The fourth-order valence-electron chi connectivity index (χ4n) is 2.86. The Balaban J connectivity index is 1.50. The van der Waals surface area contributed by atoms with Gasteiger partial charge in [0.2, 0.25) is 5.88 Å². The number of carbonyl (C=O) groups is 1. The van der Waals surface area contributed by atoms with Gasteiger partial charge in [0.25, 0.3) is 5.91 Å². The number of nitrogens with zero attached hydrogens (tertiary/aromatic N) is 3. The van der Waals surface area contributed by atoms with Crippen LogP contribution >= 0.6 is 0 Å². The Labute approximate surface area is 160 Å². The molecule has 1 unspecified atom stereocenters. The molecular formula is C19H19N5O4. The number of anilines is 2. The summed E-state index contributed by atoms with van der Waals surface area (Å²) in [5.74, 6) is 0.155. The van der Waals surface area contributed by atoms with E-state index >= 15 is 0 Å². The van der Waals surface area contributed by atoms with Crippen molar-refractivity contribution in [2.24, 2.45) is 0 Å². The summed E-state index contributed by atoms with van der Waals surface area (Å²) >= 11 is 0. The predicted octanol–water partition coefficient (Wildman–Crippen LogP) is 1.65. The number of pyridine rings is 1. The average molecular weight is 381 g/mol. The quantitative estimate of drug-likeness (QED) is 0.684. The van der Waals surface area contributed by atoms with Crippen LogP contribution in [0.4, 0.5) is 11.5 Å². The molecule has 1 saturated heterocycles. The van der Waals surface area contributed by atoms with Gasteiger partial charge in [-0.25, -0.2) is 15.0 Å². The molecule has 1 aliphatic rings.